The van der Waals surface area contributed by atoms with Crippen LogP contribution < -0.4 is 5.32 Å². The first-order valence-corrected chi connectivity index (χ1v) is 12.3. The predicted octanol–water partition coefficient (Wildman–Crippen LogP) is 2.90. The summed E-state index contributed by atoms with van der Waals surface area (Å²) in [6.07, 6.45) is 0.443. The molecule has 0 bridgehead atoms. The van der Waals surface area contributed by atoms with Gasteiger partial charge >= 0.3 is 5.97 Å². The minimum atomic E-state index is -3.90. The van der Waals surface area contributed by atoms with Gasteiger partial charge in [0.1, 0.15) is 10.8 Å². The quantitative estimate of drug-likeness (QED) is 0.631. The molecule has 8 nitrogen and oxygen atoms in total. The number of nitrogens with zero attached hydrogens (tertiary/aromatic N) is 1. The Balaban J connectivity index is 1.86. The SMILES string of the molecule is CCOC(=O)c1c(NC(=O)CS(=O)(=O)c2ccc(Cl)cc2)sc2c1CCN(C(C)=O)C2. The number of nitrogens with one attached hydrogen (secondary N) is 1. The second-order valence-electron chi connectivity index (χ2n) is 6.88. The number of hydrogen-bond acceptors (Lipinski definition) is 7. The Bertz CT molecular complexity index is 1130. The van der Waals surface area contributed by atoms with E-state index in [0.717, 1.165) is 21.8 Å². The van der Waals surface area contributed by atoms with Crippen LogP contribution >= 0.6 is 22.9 Å². The first kappa shape index (κ1) is 23.2. The van der Waals surface area contributed by atoms with E-state index < -0.39 is 27.5 Å². The second kappa shape index (κ2) is 9.37. The summed E-state index contributed by atoms with van der Waals surface area (Å²) in [6.45, 7) is 4.06. The van der Waals surface area contributed by atoms with Crippen molar-refractivity contribution in [2.75, 3.05) is 24.2 Å². The van der Waals surface area contributed by atoms with E-state index in [1.807, 2.05) is 0 Å². The molecule has 1 aliphatic rings. The van der Waals surface area contributed by atoms with Crippen LogP contribution in [0.25, 0.3) is 0 Å². The number of halogens is 1. The second-order valence-corrected chi connectivity index (χ2v) is 10.4. The third-order valence-electron chi connectivity index (χ3n) is 4.73. The molecule has 1 aromatic carbocycles. The van der Waals surface area contributed by atoms with Gasteiger partial charge in [-0.3, -0.25) is 9.59 Å². The van der Waals surface area contributed by atoms with Gasteiger partial charge in [-0.1, -0.05) is 11.6 Å². The van der Waals surface area contributed by atoms with E-state index in [0.29, 0.717) is 24.5 Å². The van der Waals surface area contributed by atoms with Gasteiger partial charge < -0.3 is 15.0 Å². The normalized spacial score (nSPS) is 13.5. The van der Waals surface area contributed by atoms with Crippen LogP contribution in [0.4, 0.5) is 5.00 Å². The molecule has 166 valence electrons. The summed E-state index contributed by atoms with van der Waals surface area (Å²) in [5, 5.41) is 3.17. The summed E-state index contributed by atoms with van der Waals surface area (Å²) in [5.41, 5.74) is 0.944. The van der Waals surface area contributed by atoms with Gasteiger partial charge in [0.05, 0.1) is 23.6 Å². The lowest BCUT2D eigenvalue weighted by Gasteiger charge is -2.25. The van der Waals surface area contributed by atoms with Crippen molar-refractivity contribution in [3.05, 3.63) is 45.3 Å². The van der Waals surface area contributed by atoms with E-state index in [2.05, 4.69) is 5.32 Å². The molecule has 1 N–H and O–H groups in total. The van der Waals surface area contributed by atoms with Crippen LogP contribution in [0.5, 0.6) is 0 Å². The average molecular weight is 485 g/mol. The Labute approximate surface area is 189 Å². The molecule has 0 radical (unpaired) electrons. The summed E-state index contributed by atoms with van der Waals surface area (Å²) in [5.74, 6) is -2.25. The van der Waals surface area contributed by atoms with E-state index in [4.69, 9.17) is 16.3 Å². The highest BCUT2D eigenvalue weighted by Gasteiger charge is 2.31. The minimum Gasteiger partial charge on any atom is -0.462 e. The van der Waals surface area contributed by atoms with Crippen molar-refractivity contribution in [1.29, 1.82) is 0 Å². The average Bonchev–Trinajstić information content (AvgIpc) is 3.04. The largest absolute Gasteiger partial charge is 0.462 e. The van der Waals surface area contributed by atoms with E-state index in [9.17, 15) is 22.8 Å². The van der Waals surface area contributed by atoms with Gasteiger partial charge in [-0.2, -0.15) is 0 Å². The number of carbonyl (C=O) groups is 3. The fourth-order valence-corrected chi connectivity index (χ4v) is 5.77. The van der Waals surface area contributed by atoms with Gasteiger partial charge in [-0.15, -0.1) is 11.3 Å². The highest BCUT2D eigenvalue weighted by atomic mass is 35.5. The highest BCUT2D eigenvalue weighted by Crippen LogP contribution is 2.37. The maximum atomic E-state index is 12.6. The monoisotopic (exact) mass is 484 g/mol. The van der Waals surface area contributed by atoms with E-state index in [1.54, 1.807) is 11.8 Å². The van der Waals surface area contributed by atoms with Gasteiger partial charge in [-0.05, 0) is 43.2 Å². The number of benzene rings is 1. The zero-order valence-electron chi connectivity index (χ0n) is 16.9. The number of thiophene rings is 1. The van der Waals surface area contributed by atoms with Crippen molar-refractivity contribution in [3.8, 4) is 0 Å². The Morgan fingerprint density at radius 3 is 2.52 bits per heavy atom. The van der Waals surface area contributed by atoms with Crippen molar-refractivity contribution >= 4 is 55.6 Å². The standard InChI is InChI=1S/C20H21ClN2O6S2/c1-3-29-20(26)18-15-8-9-23(12(2)24)10-16(15)30-19(18)22-17(25)11-31(27,28)14-6-4-13(21)5-7-14/h4-7H,3,8-11H2,1-2H3,(H,22,25). The maximum Gasteiger partial charge on any atom is 0.341 e. The van der Waals surface area contributed by atoms with Gasteiger partial charge in [0, 0.05) is 23.4 Å². The summed E-state index contributed by atoms with van der Waals surface area (Å²) in [4.78, 5) is 39.2. The van der Waals surface area contributed by atoms with Crippen LogP contribution in [0.1, 0.15) is 34.6 Å². The van der Waals surface area contributed by atoms with Crippen LogP contribution in [0, 0.1) is 0 Å². The summed E-state index contributed by atoms with van der Waals surface area (Å²) < 4.78 is 30.2. The van der Waals surface area contributed by atoms with E-state index in [1.165, 1.54) is 31.2 Å². The number of ether oxygens (including phenoxy) is 1. The Morgan fingerprint density at radius 2 is 1.90 bits per heavy atom. The third-order valence-corrected chi connectivity index (χ3v) is 7.75. The molecule has 0 spiro atoms. The van der Waals surface area contributed by atoms with Crippen LogP contribution in [0.2, 0.25) is 5.02 Å². The van der Waals surface area contributed by atoms with Crippen LogP contribution in [0.3, 0.4) is 0 Å². The van der Waals surface area contributed by atoms with Crippen molar-refractivity contribution in [1.82, 2.24) is 4.90 Å². The number of amides is 2. The smallest absolute Gasteiger partial charge is 0.341 e. The third kappa shape index (κ3) is 5.25. The molecule has 0 aliphatic carbocycles. The van der Waals surface area contributed by atoms with Gasteiger partial charge in [-0.25, -0.2) is 13.2 Å². The lowest BCUT2D eigenvalue weighted by Crippen LogP contribution is -2.34. The predicted molar refractivity (Wildman–Crippen MR) is 117 cm³/mol. The fourth-order valence-electron chi connectivity index (χ4n) is 3.24. The molecule has 0 saturated heterocycles. The number of hydrogen-bond donors (Lipinski definition) is 1. The van der Waals surface area contributed by atoms with Crippen molar-refractivity contribution in [3.63, 3.8) is 0 Å². The first-order valence-electron chi connectivity index (χ1n) is 9.47. The van der Waals surface area contributed by atoms with Crippen LogP contribution in [-0.2, 0) is 37.1 Å². The number of fused-ring (bicyclic) bond motifs is 1. The zero-order chi connectivity index (χ0) is 22.8. The topological polar surface area (TPSA) is 110 Å². The van der Waals surface area contributed by atoms with Gasteiger partial charge in [0.25, 0.3) is 0 Å². The molecule has 2 aromatic rings. The van der Waals surface area contributed by atoms with Crippen LogP contribution in [-0.4, -0.2) is 50.0 Å². The molecule has 0 saturated carbocycles. The number of rotatable bonds is 6. The number of carbonyl (C=O) groups excluding carboxylic acids is 3. The maximum absolute atomic E-state index is 12.6. The molecule has 1 aliphatic heterocycles. The fraction of sp³-hybridized carbons (Fsp3) is 0.350. The molecule has 0 unspecified atom stereocenters. The Hall–Kier alpha value is -2.43. The molecular formula is C20H21ClN2O6S2. The minimum absolute atomic E-state index is 0.0276. The molecule has 0 fully saturated rings. The van der Waals surface area contributed by atoms with Gasteiger partial charge in [0.15, 0.2) is 9.84 Å². The van der Waals surface area contributed by atoms with E-state index >= 15 is 0 Å². The molecule has 0 atom stereocenters. The molecular weight excluding hydrogens is 464 g/mol. The summed E-state index contributed by atoms with van der Waals surface area (Å²) in [7, 11) is -3.90. The Morgan fingerprint density at radius 1 is 1.23 bits per heavy atom. The lowest BCUT2D eigenvalue weighted by atomic mass is 10.0. The van der Waals surface area contributed by atoms with Crippen molar-refractivity contribution in [2.24, 2.45) is 0 Å². The molecule has 31 heavy (non-hydrogen) atoms. The number of sulfone groups is 1. The number of anilines is 1. The molecule has 3 rings (SSSR count). The van der Waals surface area contributed by atoms with Crippen molar-refractivity contribution in [2.45, 2.75) is 31.7 Å². The molecule has 2 amide bonds. The Kier molecular flexibility index (Phi) is 7.03. The lowest BCUT2D eigenvalue weighted by molar-refractivity contribution is -0.129. The van der Waals surface area contributed by atoms with Crippen LogP contribution in [0.15, 0.2) is 29.2 Å². The first-order chi connectivity index (χ1) is 14.6. The van der Waals surface area contributed by atoms with Crippen molar-refractivity contribution < 1.29 is 27.5 Å². The molecule has 1 aromatic heterocycles. The van der Waals surface area contributed by atoms with E-state index in [-0.39, 0.29) is 28.0 Å². The summed E-state index contributed by atoms with van der Waals surface area (Å²) >= 11 is 6.94. The van der Waals surface area contributed by atoms with Gasteiger partial charge in [0.2, 0.25) is 11.8 Å². The number of esters is 1. The zero-order valence-corrected chi connectivity index (χ0v) is 19.3. The highest BCUT2D eigenvalue weighted by molar-refractivity contribution is 7.92. The summed E-state index contributed by atoms with van der Waals surface area (Å²) in [6, 6.07) is 5.52. The molecule has 11 heteroatoms. The molecule has 2 heterocycles.